The first-order chi connectivity index (χ1) is 15.1. The number of pyridine rings is 1. The molecule has 5 nitrogen and oxygen atoms in total. The second kappa shape index (κ2) is 12.3. The zero-order chi connectivity index (χ0) is 21.9. The van der Waals surface area contributed by atoms with E-state index in [-0.39, 0.29) is 11.1 Å². The largest absolute Gasteiger partial charge is 0.319 e. The van der Waals surface area contributed by atoms with Gasteiger partial charge in [-0.15, -0.1) is 0 Å². The summed E-state index contributed by atoms with van der Waals surface area (Å²) in [4.78, 5) is 31.3. The van der Waals surface area contributed by atoms with Crippen molar-refractivity contribution in [3.63, 3.8) is 0 Å². The molecule has 0 aliphatic heterocycles. The van der Waals surface area contributed by atoms with Gasteiger partial charge < -0.3 is 9.55 Å². The van der Waals surface area contributed by atoms with Gasteiger partial charge in [0.05, 0.1) is 0 Å². The molecular formula is C25H31N3O2S. The Bertz CT molecular complexity index is 1060. The van der Waals surface area contributed by atoms with Crippen LogP contribution in [0.15, 0.2) is 69.6 Å². The zero-order valence-corrected chi connectivity index (χ0v) is 19.0. The predicted molar refractivity (Wildman–Crippen MR) is 128 cm³/mol. The first kappa shape index (κ1) is 23.1. The normalized spacial score (nSPS) is 11.0. The Kier molecular flexibility index (Phi) is 9.16. The second-order valence-electron chi connectivity index (χ2n) is 7.91. The number of nitrogens with one attached hydrogen (secondary N) is 1. The van der Waals surface area contributed by atoms with E-state index >= 15 is 0 Å². The lowest BCUT2D eigenvalue weighted by atomic mass is 10.1. The number of unbranched alkanes of at least 4 members (excludes halogenated alkanes) is 5. The summed E-state index contributed by atoms with van der Waals surface area (Å²) in [6, 6.07) is 14.1. The van der Waals surface area contributed by atoms with Crippen LogP contribution in [-0.4, -0.2) is 20.3 Å². The lowest BCUT2D eigenvalue weighted by molar-refractivity contribution is 0.609. The third-order valence-electron chi connectivity index (χ3n) is 5.35. The predicted octanol–water partition coefficient (Wildman–Crippen LogP) is 4.73. The van der Waals surface area contributed by atoms with Gasteiger partial charge in [0.25, 0.3) is 11.1 Å². The fourth-order valence-corrected chi connectivity index (χ4v) is 4.31. The quantitative estimate of drug-likeness (QED) is 0.253. The highest BCUT2D eigenvalue weighted by Gasteiger charge is 2.06. The van der Waals surface area contributed by atoms with E-state index in [9.17, 15) is 9.59 Å². The Labute approximate surface area is 188 Å². The van der Waals surface area contributed by atoms with Crippen LogP contribution in [0.25, 0.3) is 0 Å². The third-order valence-corrected chi connectivity index (χ3v) is 6.33. The Balaban J connectivity index is 1.31. The molecule has 164 valence electrons. The van der Waals surface area contributed by atoms with Crippen molar-refractivity contribution in [1.82, 2.24) is 14.5 Å². The third kappa shape index (κ3) is 7.87. The maximum absolute atomic E-state index is 12.3. The summed E-state index contributed by atoms with van der Waals surface area (Å²) in [7, 11) is 1.71. The molecule has 2 heterocycles. The summed E-state index contributed by atoms with van der Waals surface area (Å²) in [5.41, 5.74) is 2.62. The van der Waals surface area contributed by atoms with Gasteiger partial charge in [0.1, 0.15) is 0 Å². The van der Waals surface area contributed by atoms with E-state index in [1.165, 1.54) is 48.7 Å². The summed E-state index contributed by atoms with van der Waals surface area (Å²) in [6.45, 7) is 0. The molecule has 0 spiro atoms. The molecule has 0 radical (unpaired) electrons. The Hall–Kier alpha value is -2.60. The van der Waals surface area contributed by atoms with E-state index in [4.69, 9.17) is 0 Å². The number of rotatable bonds is 12. The van der Waals surface area contributed by atoms with Crippen LogP contribution in [0.3, 0.4) is 0 Å². The van der Waals surface area contributed by atoms with Crippen molar-refractivity contribution in [2.45, 2.75) is 56.5 Å². The van der Waals surface area contributed by atoms with Gasteiger partial charge in [-0.25, -0.2) is 4.98 Å². The average molecular weight is 438 g/mol. The molecule has 2 aromatic heterocycles. The van der Waals surface area contributed by atoms with Gasteiger partial charge in [-0.2, -0.15) is 0 Å². The fraction of sp³-hybridized carbons (Fsp3) is 0.400. The smallest absolute Gasteiger partial charge is 0.255 e. The molecule has 0 saturated carbocycles. The molecular weight excluding hydrogens is 406 g/mol. The molecule has 0 bridgehead atoms. The molecule has 1 aromatic carbocycles. The molecule has 3 aromatic rings. The van der Waals surface area contributed by atoms with E-state index in [2.05, 4.69) is 40.3 Å². The fourth-order valence-electron chi connectivity index (χ4n) is 3.48. The van der Waals surface area contributed by atoms with E-state index in [1.54, 1.807) is 37.3 Å². The Morgan fingerprint density at radius 1 is 0.935 bits per heavy atom. The number of aromatic nitrogens is 3. The Morgan fingerprint density at radius 2 is 1.68 bits per heavy atom. The molecule has 0 saturated heterocycles. The van der Waals surface area contributed by atoms with Gasteiger partial charge in [-0.3, -0.25) is 9.59 Å². The maximum Gasteiger partial charge on any atom is 0.255 e. The van der Waals surface area contributed by atoms with E-state index in [0.717, 1.165) is 17.7 Å². The van der Waals surface area contributed by atoms with Gasteiger partial charge in [0.2, 0.25) is 0 Å². The second-order valence-corrected chi connectivity index (χ2v) is 8.99. The molecule has 6 heteroatoms. The van der Waals surface area contributed by atoms with E-state index < -0.39 is 0 Å². The maximum atomic E-state index is 12.3. The summed E-state index contributed by atoms with van der Waals surface area (Å²) in [5.74, 6) is 0.959. The van der Waals surface area contributed by atoms with Gasteiger partial charge in [0.15, 0.2) is 5.16 Å². The zero-order valence-electron chi connectivity index (χ0n) is 18.2. The van der Waals surface area contributed by atoms with Crippen LogP contribution in [0.4, 0.5) is 0 Å². The summed E-state index contributed by atoms with van der Waals surface area (Å²) in [5, 5.41) is 0.667. The van der Waals surface area contributed by atoms with Crippen molar-refractivity contribution in [3.05, 3.63) is 92.3 Å². The van der Waals surface area contributed by atoms with Crippen molar-refractivity contribution < 1.29 is 0 Å². The number of H-pyrrole nitrogens is 1. The number of thioether (sulfide) groups is 1. The summed E-state index contributed by atoms with van der Waals surface area (Å²) < 4.78 is 1.51. The lowest BCUT2D eigenvalue weighted by Crippen LogP contribution is -2.18. The van der Waals surface area contributed by atoms with E-state index in [0.29, 0.717) is 17.1 Å². The van der Waals surface area contributed by atoms with Crippen LogP contribution in [0, 0.1) is 0 Å². The number of hydrogen-bond donors (Lipinski definition) is 1. The highest BCUT2D eigenvalue weighted by molar-refractivity contribution is 7.99. The monoisotopic (exact) mass is 437 g/mol. The standard InChI is InChI=1S/C25H31N3O2S/c1-28-15-14-21(18-23(28)29)17-22-19-26-25(27-24(22)30)31-16-10-5-3-2-4-7-11-20-12-8-6-9-13-20/h6,8-9,12-15,18-19H,2-5,7,10-11,16-17H2,1H3,(H,26,27,30). The Morgan fingerprint density at radius 3 is 2.42 bits per heavy atom. The van der Waals surface area contributed by atoms with Gasteiger partial charge >= 0.3 is 0 Å². The first-order valence-corrected chi connectivity index (χ1v) is 12.0. The van der Waals surface area contributed by atoms with Crippen LogP contribution >= 0.6 is 11.8 Å². The van der Waals surface area contributed by atoms with E-state index in [1.807, 2.05) is 6.07 Å². The molecule has 0 atom stereocenters. The van der Waals surface area contributed by atoms with Gasteiger partial charge in [0, 0.05) is 43.2 Å². The minimum Gasteiger partial charge on any atom is -0.319 e. The number of nitrogens with zero attached hydrogens (tertiary/aromatic N) is 2. The topological polar surface area (TPSA) is 67.8 Å². The highest BCUT2D eigenvalue weighted by Crippen LogP contribution is 2.16. The van der Waals surface area contributed by atoms with Gasteiger partial charge in [-0.05, 0) is 36.5 Å². The summed E-state index contributed by atoms with van der Waals surface area (Å²) >= 11 is 1.60. The molecule has 0 fully saturated rings. The molecule has 1 N–H and O–H groups in total. The van der Waals surface area contributed by atoms with Crippen LogP contribution in [0.2, 0.25) is 0 Å². The number of hydrogen-bond acceptors (Lipinski definition) is 4. The van der Waals surface area contributed by atoms with Crippen molar-refractivity contribution >= 4 is 11.8 Å². The van der Waals surface area contributed by atoms with Gasteiger partial charge in [-0.1, -0.05) is 67.8 Å². The minimum atomic E-state index is -0.128. The molecule has 31 heavy (non-hydrogen) atoms. The van der Waals surface area contributed by atoms with Crippen molar-refractivity contribution in [2.75, 3.05) is 5.75 Å². The van der Waals surface area contributed by atoms with Crippen molar-refractivity contribution in [1.29, 1.82) is 0 Å². The summed E-state index contributed by atoms with van der Waals surface area (Å²) in [6.07, 6.45) is 12.3. The number of aryl methyl sites for hydroxylation is 2. The minimum absolute atomic E-state index is 0.0785. The first-order valence-electron chi connectivity index (χ1n) is 11.0. The molecule has 0 aliphatic rings. The molecule has 0 aliphatic carbocycles. The molecule has 0 amide bonds. The van der Waals surface area contributed by atoms with Crippen LogP contribution in [-0.2, 0) is 19.9 Å². The van der Waals surface area contributed by atoms with Crippen molar-refractivity contribution in [2.24, 2.45) is 7.05 Å². The molecule has 0 unspecified atom stereocenters. The van der Waals surface area contributed by atoms with Crippen molar-refractivity contribution in [3.8, 4) is 0 Å². The molecule has 3 rings (SSSR count). The SMILES string of the molecule is Cn1ccc(Cc2cnc(SCCCCCCCCc3ccccc3)[nH]c2=O)cc1=O. The van der Waals surface area contributed by atoms with Crippen LogP contribution < -0.4 is 11.1 Å². The average Bonchev–Trinajstić information content (AvgIpc) is 2.77. The van der Waals surface area contributed by atoms with Crippen LogP contribution in [0.1, 0.15) is 55.2 Å². The van der Waals surface area contributed by atoms with Crippen LogP contribution in [0.5, 0.6) is 0 Å². The highest BCUT2D eigenvalue weighted by atomic mass is 32.2. The number of benzene rings is 1. The lowest BCUT2D eigenvalue weighted by Gasteiger charge is -2.05. The number of aromatic amines is 1.